The van der Waals surface area contributed by atoms with Gasteiger partial charge in [0.25, 0.3) is 0 Å². The fourth-order valence-electron chi connectivity index (χ4n) is 5.94. The third-order valence-electron chi connectivity index (χ3n) is 8.27. The number of pyridine rings is 1. The largest absolute Gasteiger partial charge is 0.481 e. The molecule has 0 radical (unpaired) electrons. The number of carboxylic acids is 1. The maximum Gasteiger partial charge on any atom is 0.407 e. The van der Waals surface area contributed by atoms with Crippen molar-refractivity contribution >= 4 is 62.9 Å². The summed E-state index contributed by atoms with van der Waals surface area (Å²) in [5.74, 6) is -0.477. The Hall–Kier alpha value is -3.07. The van der Waals surface area contributed by atoms with Crippen LogP contribution >= 0.6 is 23.4 Å². The fourth-order valence-corrected chi connectivity index (χ4v) is 8.88. The summed E-state index contributed by atoms with van der Waals surface area (Å²) in [4.78, 5) is 45.2. The standard InChI is InChI=1S/C31H40ClN5O7S2/c1-31(2,3)44-30(41)33-21-16-28(38)37(19-21)22-6-10-25(11-7-22)46(42,43)36-14-12-35(13-15-36)27-18-24(17-26(32)34-27)45-23-8-4-20(5-9-23)29(39)40/h6-7,10-11,17-18,20-21,23H,4-5,8-9,12-16,19H2,1-3H3,(H,33,41)(H,39,40)/t20?,21-,23?/m1/s1. The molecule has 46 heavy (non-hydrogen) atoms. The topological polar surface area (TPSA) is 149 Å². The number of benzene rings is 1. The molecule has 250 valence electrons. The van der Waals surface area contributed by atoms with Gasteiger partial charge in [-0.3, -0.25) is 9.59 Å². The van der Waals surface area contributed by atoms with Crippen LogP contribution < -0.4 is 15.1 Å². The monoisotopic (exact) mass is 693 g/mol. The first-order chi connectivity index (χ1) is 21.7. The third-order valence-corrected chi connectivity index (χ3v) is 11.7. The summed E-state index contributed by atoms with van der Waals surface area (Å²) in [6.07, 6.45) is 2.53. The highest BCUT2D eigenvalue weighted by Gasteiger charge is 2.34. The van der Waals surface area contributed by atoms with Crippen molar-refractivity contribution in [2.24, 2.45) is 5.92 Å². The number of nitrogens with zero attached hydrogens (tertiary/aromatic N) is 4. The molecular formula is C31H40ClN5O7S2. The normalized spacial score (nSPS) is 23.0. The number of hydrogen-bond donors (Lipinski definition) is 2. The number of carbonyl (C=O) groups excluding carboxylic acids is 2. The highest BCUT2D eigenvalue weighted by atomic mass is 35.5. The molecule has 1 saturated carbocycles. The zero-order valence-electron chi connectivity index (χ0n) is 26.1. The minimum Gasteiger partial charge on any atom is -0.481 e. The van der Waals surface area contributed by atoms with Crippen molar-refractivity contribution in [1.82, 2.24) is 14.6 Å². The molecule has 2 aliphatic heterocycles. The zero-order chi connectivity index (χ0) is 33.2. The van der Waals surface area contributed by atoms with E-state index in [4.69, 9.17) is 16.3 Å². The number of aromatic nitrogens is 1. The molecular weight excluding hydrogens is 654 g/mol. The van der Waals surface area contributed by atoms with E-state index in [1.165, 1.54) is 21.3 Å². The van der Waals surface area contributed by atoms with Crippen LogP contribution in [0.4, 0.5) is 16.3 Å². The number of halogens is 1. The first-order valence-electron chi connectivity index (χ1n) is 15.4. The van der Waals surface area contributed by atoms with Gasteiger partial charge in [0.05, 0.1) is 16.9 Å². The molecule has 1 aromatic carbocycles. The van der Waals surface area contributed by atoms with Crippen molar-refractivity contribution < 1.29 is 32.6 Å². The summed E-state index contributed by atoms with van der Waals surface area (Å²) >= 11 is 8.06. The summed E-state index contributed by atoms with van der Waals surface area (Å²) in [6.45, 7) is 6.96. The van der Waals surface area contributed by atoms with Crippen LogP contribution in [0.1, 0.15) is 52.9 Å². The molecule has 3 heterocycles. The highest BCUT2D eigenvalue weighted by molar-refractivity contribution is 8.00. The van der Waals surface area contributed by atoms with Crippen molar-refractivity contribution in [2.45, 2.75) is 79.6 Å². The van der Waals surface area contributed by atoms with Crippen LogP contribution in [0.25, 0.3) is 0 Å². The Morgan fingerprint density at radius 3 is 2.30 bits per heavy atom. The molecule has 2 saturated heterocycles. The van der Waals surface area contributed by atoms with Gasteiger partial charge in [0, 0.05) is 55.0 Å². The summed E-state index contributed by atoms with van der Waals surface area (Å²) in [6, 6.07) is 9.60. The molecule has 0 unspecified atom stereocenters. The van der Waals surface area contributed by atoms with E-state index in [9.17, 15) is 27.9 Å². The summed E-state index contributed by atoms with van der Waals surface area (Å²) in [5, 5.41) is 12.7. The van der Waals surface area contributed by atoms with Crippen molar-refractivity contribution in [2.75, 3.05) is 42.5 Å². The Morgan fingerprint density at radius 1 is 1.04 bits per heavy atom. The number of anilines is 2. The van der Waals surface area contributed by atoms with Crippen LogP contribution in [0.2, 0.25) is 5.15 Å². The Morgan fingerprint density at radius 2 is 1.70 bits per heavy atom. The van der Waals surface area contributed by atoms with Gasteiger partial charge in [-0.25, -0.2) is 18.2 Å². The molecule has 0 spiro atoms. The lowest BCUT2D eigenvalue weighted by molar-refractivity contribution is -0.142. The fraction of sp³-hybridized carbons (Fsp3) is 0.548. The number of rotatable bonds is 8. The van der Waals surface area contributed by atoms with Crippen LogP contribution in [-0.4, -0.2) is 90.4 Å². The van der Waals surface area contributed by atoms with E-state index in [0.717, 1.165) is 17.7 Å². The van der Waals surface area contributed by atoms with Crippen molar-refractivity contribution in [3.8, 4) is 0 Å². The molecule has 3 fully saturated rings. The molecule has 3 aliphatic rings. The maximum absolute atomic E-state index is 13.5. The van der Waals surface area contributed by atoms with Gasteiger partial charge in [-0.1, -0.05) is 11.6 Å². The van der Waals surface area contributed by atoms with E-state index in [2.05, 4.69) is 10.3 Å². The second-order valence-electron chi connectivity index (χ2n) is 12.9. The lowest BCUT2D eigenvalue weighted by atomic mass is 9.89. The molecule has 15 heteroatoms. The quantitative estimate of drug-likeness (QED) is 0.376. The van der Waals surface area contributed by atoms with Crippen LogP contribution in [0.5, 0.6) is 0 Å². The molecule has 5 rings (SSSR count). The van der Waals surface area contributed by atoms with Gasteiger partial charge in [0.15, 0.2) is 0 Å². The lowest BCUT2D eigenvalue weighted by Crippen LogP contribution is -2.48. The van der Waals surface area contributed by atoms with E-state index >= 15 is 0 Å². The number of nitrogens with one attached hydrogen (secondary N) is 1. The van der Waals surface area contributed by atoms with E-state index in [1.54, 1.807) is 44.7 Å². The lowest BCUT2D eigenvalue weighted by Gasteiger charge is -2.35. The summed E-state index contributed by atoms with van der Waals surface area (Å²) in [7, 11) is -3.77. The van der Waals surface area contributed by atoms with E-state index in [1.807, 2.05) is 17.0 Å². The number of piperazine rings is 1. The molecule has 2 N–H and O–H groups in total. The summed E-state index contributed by atoms with van der Waals surface area (Å²) < 4.78 is 33.7. The van der Waals surface area contributed by atoms with Gasteiger partial charge in [-0.05, 0) is 82.9 Å². The van der Waals surface area contributed by atoms with Crippen LogP contribution in [0, 0.1) is 5.92 Å². The molecule has 2 aromatic rings. The number of hydrogen-bond acceptors (Lipinski definition) is 9. The van der Waals surface area contributed by atoms with Gasteiger partial charge in [0.1, 0.15) is 16.6 Å². The number of sulfonamides is 1. The molecule has 2 amide bonds. The Balaban J connectivity index is 1.16. The predicted octanol–water partition coefficient (Wildman–Crippen LogP) is 4.61. The van der Waals surface area contributed by atoms with Crippen molar-refractivity contribution in [3.63, 3.8) is 0 Å². The first kappa shape index (κ1) is 34.3. The van der Waals surface area contributed by atoms with Gasteiger partial charge in [-0.15, -0.1) is 11.8 Å². The van der Waals surface area contributed by atoms with E-state index in [0.29, 0.717) is 47.8 Å². The smallest absolute Gasteiger partial charge is 0.407 e. The van der Waals surface area contributed by atoms with Crippen LogP contribution in [0.3, 0.4) is 0 Å². The number of thioether (sulfide) groups is 1. The Labute approximate surface area is 278 Å². The van der Waals surface area contributed by atoms with Gasteiger partial charge in [0.2, 0.25) is 15.9 Å². The van der Waals surface area contributed by atoms with Crippen LogP contribution in [0.15, 0.2) is 46.2 Å². The molecule has 1 atom stereocenters. The van der Waals surface area contributed by atoms with Crippen molar-refractivity contribution in [1.29, 1.82) is 0 Å². The van der Waals surface area contributed by atoms with E-state index < -0.39 is 33.7 Å². The predicted molar refractivity (Wildman–Crippen MR) is 176 cm³/mol. The zero-order valence-corrected chi connectivity index (χ0v) is 28.5. The number of carboxylic acid groups (broad SMARTS) is 1. The minimum atomic E-state index is -3.77. The number of amides is 2. The first-order valence-corrected chi connectivity index (χ1v) is 18.1. The second-order valence-corrected chi connectivity index (χ2v) is 16.5. The van der Waals surface area contributed by atoms with Gasteiger partial charge >= 0.3 is 12.1 Å². The van der Waals surface area contributed by atoms with Gasteiger partial charge < -0.3 is 25.0 Å². The molecule has 12 nitrogen and oxygen atoms in total. The van der Waals surface area contributed by atoms with E-state index in [-0.39, 0.29) is 42.8 Å². The maximum atomic E-state index is 13.5. The second kappa shape index (κ2) is 14.0. The number of carbonyl (C=O) groups is 3. The highest BCUT2D eigenvalue weighted by Crippen LogP contribution is 2.38. The summed E-state index contributed by atoms with van der Waals surface area (Å²) in [5.41, 5.74) is -0.0979. The molecule has 1 aromatic heterocycles. The molecule has 0 bridgehead atoms. The number of alkyl carbamates (subject to hydrolysis) is 1. The SMILES string of the molecule is CC(C)(C)OC(=O)N[C@@H]1CC(=O)N(c2ccc(S(=O)(=O)N3CCN(c4cc(SC5CCC(C(=O)O)CC5)cc(Cl)n4)CC3)cc2)C1. The average Bonchev–Trinajstić information content (AvgIpc) is 3.35. The minimum absolute atomic E-state index is 0.124. The Bertz CT molecular complexity index is 1550. The Kier molecular flexibility index (Phi) is 10.4. The van der Waals surface area contributed by atoms with Crippen molar-refractivity contribution in [3.05, 3.63) is 41.6 Å². The average molecular weight is 694 g/mol. The number of aliphatic carboxylic acids is 1. The molecule has 1 aliphatic carbocycles. The third kappa shape index (κ3) is 8.44. The number of ether oxygens (including phenoxy) is 1. The van der Waals surface area contributed by atoms with Gasteiger partial charge in [-0.2, -0.15) is 4.31 Å². The van der Waals surface area contributed by atoms with Crippen LogP contribution in [-0.2, 0) is 24.3 Å².